The van der Waals surface area contributed by atoms with E-state index in [-0.39, 0.29) is 23.9 Å². The number of hydrogen-bond acceptors (Lipinski definition) is 7. The maximum absolute atomic E-state index is 13.3. The van der Waals surface area contributed by atoms with Crippen LogP contribution in [0.1, 0.15) is 52.0 Å². The van der Waals surface area contributed by atoms with Crippen molar-refractivity contribution in [3.05, 3.63) is 46.1 Å². The summed E-state index contributed by atoms with van der Waals surface area (Å²) in [4.78, 5) is 13.3. The summed E-state index contributed by atoms with van der Waals surface area (Å²) in [5.41, 5.74) is -2.08. The average molecular weight is 469 g/mol. The van der Waals surface area contributed by atoms with Crippen LogP contribution in [0.3, 0.4) is 0 Å². The van der Waals surface area contributed by atoms with Crippen molar-refractivity contribution in [1.82, 2.24) is 0 Å². The molecule has 182 valence electrons. The van der Waals surface area contributed by atoms with E-state index in [0.29, 0.717) is 43.4 Å². The molecule has 4 fully saturated rings. The normalized spacial score (nSPS) is 39.4. The van der Waals surface area contributed by atoms with Crippen LogP contribution in [0, 0.1) is 16.7 Å². The Morgan fingerprint density at radius 3 is 2.41 bits per heavy atom. The molecule has 2 aromatic rings. The molecule has 2 bridgehead atoms. The van der Waals surface area contributed by atoms with Crippen LogP contribution >= 0.6 is 0 Å². The Labute approximate surface area is 198 Å². The Morgan fingerprint density at radius 2 is 1.76 bits per heavy atom. The first-order chi connectivity index (χ1) is 16.0. The second kappa shape index (κ2) is 6.65. The standard InChI is InChI=1S/C27H32O7/c1-23(2)26(29)11-9-24(3)21(25(26)10-12-27(23,30)32-15-25)13-18-19(28)14-20(33-22(18)34-24)16-5-7-17(31-4)8-6-16/h5-8,14,21,29-30H,9-13,15H2,1-4H3. The lowest BCUT2D eigenvalue weighted by Crippen LogP contribution is -2.81. The first kappa shape index (κ1) is 22.1. The molecule has 7 rings (SSSR count). The van der Waals surface area contributed by atoms with Crippen molar-refractivity contribution >= 4 is 0 Å². The zero-order chi connectivity index (χ0) is 24.1. The van der Waals surface area contributed by atoms with E-state index < -0.39 is 27.8 Å². The second-order valence-corrected chi connectivity index (χ2v) is 11.4. The van der Waals surface area contributed by atoms with Crippen LogP contribution in [0.2, 0.25) is 0 Å². The minimum atomic E-state index is -1.35. The third-order valence-corrected chi connectivity index (χ3v) is 9.82. The fourth-order valence-corrected chi connectivity index (χ4v) is 7.47. The Bertz CT molecular complexity index is 1200. The van der Waals surface area contributed by atoms with E-state index in [4.69, 9.17) is 18.6 Å². The quantitative estimate of drug-likeness (QED) is 0.694. The van der Waals surface area contributed by atoms with E-state index in [9.17, 15) is 15.0 Å². The summed E-state index contributed by atoms with van der Waals surface area (Å²) in [6, 6.07) is 8.86. The molecular formula is C27H32O7. The summed E-state index contributed by atoms with van der Waals surface area (Å²) < 4.78 is 23.9. The Balaban J connectivity index is 1.43. The molecule has 2 saturated heterocycles. The summed E-state index contributed by atoms with van der Waals surface area (Å²) in [6.07, 6.45) is 2.59. The van der Waals surface area contributed by atoms with E-state index in [1.54, 1.807) is 7.11 Å². The first-order valence-electron chi connectivity index (χ1n) is 12.1. The number of aliphatic hydroxyl groups is 2. The number of methoxy groups -OCH3 is 1. The molecule has 3 aliphatic heterocycles. The first-order valence-corrected chi connectivity index (χ1v) is 12.1. The van der Waals surface area contributed by atoms with Gasteiger partial charge in [-0.1, -0.05) is 13.8 Å². The van der Waals surface area contributed by atoms with Crippen molar-refractivity contribution < 1.29 is 28.8 Å². The molecule has 1 aromatic heterocycles. The van der Waals surface area contributed by atoms with Crippen LogP contribution < -0.4 is 14.9 Å². The minimum absolute atomic E-state index is 0.136. The molecule has 34 heavy (non-hydrogen) atoms. The molecule has 5 unspecified atom stereocenters. The fraction of sp³-hybridized carbons (Fsp3) is 0.593. The molecule has 1 aromatic carbocycles. The summed E-state index contributed by atoms with van der Waals surface area (Å²) in [7, 11) is 1.61. The van der Waals surface area contributed by atoms with Crippen LogP contribution in [0.5, 0.6) is 11.7 Å². The highest BCUT2D eigenvalue weighted by molar-refractivity contribution is 5.59. The van der Waals surface area contributed by atoms with E-state index in [0.717, 1.165) is 11.3 Å². The maximum atomic E-state index is 13.3. The molecule has 2 N–H and O–H groups in total. The molecule has 7 nitrogen and oxygen atoms in total. The Hall–Kier alpha value is -2.35. The topological polar surface area (TPSA) is 98.4 Å². The van der Waals surface area contributed by atoms with E-state index in [2.05, 4.69) is 6.92 Å². The number of fused-ring (bicyclic) bond motifs is 4. The maximum Gasteiger partial charge on any atom is 0.292 e. The van der Waals surface area contributed by atoms with Gasteiger partial charge in [0.2, 0.25) is 0 Å². The van der Waals surface area contributed by atoms with Crippen LogP contribution in [-0.4, -0.2) is 40.9 Å². The van der Waals surface area contributed by atoms with Crippen molar-refractivity contribution in [3.8, 4) is 23.0 Å². The Morgan fingerprint density at radius 1 is 1.03 bits per heavy atom. The highest BCUT2D eigenvalue weighted by Gasteiger charge is 2.78. The van der Waals surface area contributed by atoms with Gasteiger partial charge in [0.25, 0.3) is 5.95 Å². The van der Waals surface area contributed by atoms with E-state index >= 15 is 0 Å². The van der Waals surface area contributed by atoms with Crippen molar-refractivity contribution in [2.75, 3.05) is 13.7 Å². The van der Waals surface area contributed by atoms with E-state index in [1.165, 1.54) is 6.07 Å². The highest BCUT2D eigenvalue weighted by atomic mass is 16.6. The number of ether oxygens (including phenoxy) is 3. The van der Waals surface area contributed by atoms with Crippen molar-refractivity contribution in [2.45, 2.75) is 69.9 Å². The molecule has 1 spiro atoms. The largest absolute Gasteiger partial charge is 0.497 e. The molecule has 7 heteroatoms. The predicted octanol–water partition coefficient (Wildman–Crippen LogP) is 3.68. The van der Waals surface area contributed by atoms with E-state index in [1.807, 2.05) is 38.1 Å². The van der Waals surface area contributed by atoms with Gasteiger partial charge < -0.3 is 28.8 Å². The van der Waals surface area contributed by atoms with Gasteiger partial charge in [0, 0.05) is 34.8 Å². The smallest absolute Gasteiger partial charge is 0.292 e. The number of benzene rings is 1. The lowest BCUT2D eigenvalue weighted by molar-refractivity contribution is -0.438. The third kappa shape index (κ3) is 2.50. The molecular weight excluding hydrogens is 436 g/mol. The van der Waals surface area contributed by atoms with Gasteiger partial charge in [-0.2, -0.15) is 0 Å². The molecule has 0 amide bonds. The van der Waals surface area contributed by atoms with Crippen molar-refractivity contribution in [2.24, 2.45) is 16.7 Å². The van der Waals surface area contributed by atoms with Gasteiger partial charge in [-0.3, -0.25) is 4.79 Å². The van der Waals surface area contributed by atoms with Gasteiger partial charge in [-0.15, -0.1) is 0 Å². The summed E-state index contributed by atoms with van der Waals surface area (Å²) in [5.74, 6) is -0.0607. The van der Waals surface area contributed by atoms with Gasteiger partial charge in [-0.05, 0) is 56.9 Å². The summed E-state index contributed by atoms with van der Waals surface area (Å²) in [6.45, 7) is 6.10. The SMILES string of the molecule is COc1ccc(-c2cc(=O)c3c(o2)OC2(C)CCC4(O)C5(CCC(O)(OC5)C4(C)C)C2C3)cc1. The predicted molar refractivity (Wildman–Crippen MR) is 124 cm³/mol. The van der Waals surface area contributed by atoms with Crippen molar-refractivity contribution in [1.29, 1.82) is 0 Å². The molecule has 5 atom stereocenters. The molecule has 4 heterocycles. The number of hydrogen-bond donors (Lipinski definition) is 2. The fourth-order valence-electron chi connectivity index (χ4n) is 7.47. The highest BCUT2D eigenvalue weighted by Crippen LogP contribution is 2.71. The summed E-state index contributed by atoms with van der Waals surface area (Å²) in [5, 5.41) is 23.4. The third-order valence-electron chi connectivity index (χ3n) is 9.82. The monoisotopic (exact) mass is 468 g/mol. The average Bonchev–Trinajstić information content (AvgIpc) is 2.81. The zero-order valence-electron chi connectivity index (χ0n) is 20.1. The molecule has 2 aliphatic carbocycles. The van der Waals surface area contributed by atoms with Gasteiger partial charge >= 0.3 is 0 Å². The lowest BCUT2D eigenvalue weighted by atomic mass is 9.39. The van der Waals surface area contributed by atoms with Gasteiger partial charge in [0.1, 0.15) is 17.1 Å². The van der Waals surface area contributed by atoms with Crippen LogP contribution in [0.15, 0.2) is 39.5 Å². The molecule has 0 radical (unpaired) electrons. The second-order valence-electron chi connectivity index (χ2n) is 11.4. The molecule has 5 aliphatic rings. The van der Waals surface area contributed by atoms with Gasteiger partial charge in [0.05, 0.1) is 24.9 Å². The summed E-state index contributed by atoms with van der Waals surface area (Å²) >= 11 is 0. The van der Waals surface area contributed by atoms with Crippen molar-refractivity contribution in [3.63, 3.8) is 0 Å². The van der Waals surface area contributed by atoms with Crippen LogP contribution in [0.25, 0.3) is 11.3 Å². The minimum Gasteiger partial charge on any atom is -0.497 e. The van der Waals surface area contributed by atoms with Crippen LogP contribution in [0.4, 0.5) is 0 Å². The lowest BCUT2D eigenvalue weighted by Gasteiger charge is -2.74. The zero-order valence-corrected chi connectivity index (χ0v) is 20.1. The van der Waals surface area contributed by atoms with Gasteiger partial charge in [0.15, 0.2) is 11.2 Å². The molecule has 2 saturated carbocycles. The van der Waals surface area contributed by atoms with Crippen LogP contribution in [-0.2, 0) is 11.2 Å². The van der Waals surface area contributed by atoms with Gasteiger partial charge in [-0.25, -0.2) is 0 Å². The Kier molecular flexibility index (Phi) is 4.33. The number of rotatable bonds is 2.